The molecule has 7 aromatic carbocycles. The molecule has 9 aromatic rings. The summed E-state index contributed by atoms with van der Waals surface area (Å²) in [6.07, 6.45) is 0. The highest BCUT2D eigenvalue weighted by Crippen LogP contribution is 2.42. The lowest BCUT2D eigenvalue weighted by Gasteiger charge is -2.12. The summed E-state index contributed by atoms with van der Waals surface area (Å²) in [6, 6.07) is 51.3. The molecule has 0 bridgehead atoms. The zero-order chi connectivity index (χ0) is 30.8. The van der Waals surface area contributed by atoms with Gasteiger partial charge in [0.25, 0.3) is 0 Å². The second-order valence-electron chi connectivity index (χ2n) is 11.6. The number of fused-ring (bicyclic) bond motifs is 6. The Bertz CT molecular complexity index is 2590. The lowest BCUT2D eigenvalue weighted by atomic mass is 9.92. The molecule has 46 heavy (non-hydrogen) atoms. The monoisotopic (exact) mass is 718 g/mol. The Morgan fingerprint density at radius 2 is 0.913 bits per heavy atom. The smallest absolute Gasteiger partial charge is 0.143 e. The fourth-order valence-electron chi connectivity index (χ4n) is 6.60. The molecule has 0 unspecified atom stereocenters. The maximum atomic E-state index is 6.49. The van der Waals surface area contributed by atoms with Gasteiger partial charge >= 0.3 is 0 Å². The van der Waals surface area contributed by atoms with Crippen molar-refractivity contribution in [3.05, 3.63) is 155 Å². The van der Waals surface area contributed by atoms with E-state index in [0.717, 1.165) is 91.8 Å². The van der Waals surface area contributed by atoms with Crippen LogP contribution in [-0.2, 0) is 0 Å². The van der Waals surface area contributed by atoms with Crippen molar-refractivity contribution < 1.29 is 8.83 Å². The van der Waals surface area contributed by atoms with Crippen molar-refractivity contribution in [1.29, 1.82) is 0 Å². The van der Waals surface area contributed by atoms with Crippen molar-refractivity contribution >= 4 is 75.7 Å². The van der Waals surface area contributed by atoms with Crippen molar-refractivity contribution in [3.8, 4) is 44.5 Å². The molecule has 0 fully saturated rings. The van der Waals surface area contributed by atoms with Crippen LogP contribution in [0.4, 0.5) is 0 Å². The molecular weight excluding hydrogens is 696 g/mol. The van der Waals surface area contributed by atoms with E-state index in [0.29, 0.717) is 0 Å². The van der Waals surface area contributed by atoms with Gasteiger partial charge in [-0.2, -0.15) is 0 Å². The van der Waals surface area contributed by atoms with E-state index >= 15 is 0 Å². The predicted octanol–water partition coefficient (Wildman–Crippen LogP) is 13.7. The van der Waals surface area contributed by atoms with Gasteiger partial charge in [-0.3, -0.25) is 0 Å². The first-order valence-electron chi connectivity index (χ1n) is 15.1. The number of halogens is 2. The van der Waals surface area contributed by atoms with Crippen molar-refractivity contribution in [2.24, 2.45) is 0 Å². The van der Waals surface area contributed by atoms with Gasteiger partial charge in [-0.15, -0.1) is 0 Å². The number of rotatable bonds is 4. The zero-order valence-corrected chi connectivity index (χ0v) is 27.6. The lowest BCUT2D eigenvalue weighted by molar-refractivity contribution is 0.669. The minimum Gasteiger partial charge on any atom is -0.456 e. The Balaban J connectivity index is 1.17. The fraction of sp³-hybridized carbons (Fsp3) is 0. The molecule has 0 N–H and O–H groups in total. The van der Waals surface area contributed by atoms with Gasteiger partial charge in [0.15, 0.2) is 0 Å². The molecule has 9 rings (SSSR count). The fourth-order valence-corrected chi connectivity index (χ4v) is 7.72. The number of para-hydroxylation sites is 1. The molecular formula is C42H24Br2O2. The van der Waals surface area contributed by atoms with Crippen LogP contribution in [0.25, 0.3) is 88.4 Å². The summed E-state index contributed by atoms with van der Waals surface area (Å²) >= 11 is 7.46. The molecule has 0 saturated carbocycles. The van der Waals surface area contributed by atoms with E-state index in [1.54, 1.807) is 0 Å². The van der Waals surface area contributed by atoms with Crippen LogP contribution in [0.15, 0.2) is 163 Å². The van der Waals surface area contributed by atoms with Crippen molar-refractivity contribution in [3.63, 3.8) is 0 Å². The van der Waals surface area contributed by atoms with Gasteiger partial charge in [0.1, 0.15) is 22.3 Å². The Labute approximate surface area is 282 Å². The summed E-state index contributed by atoms with van der Waals surface area (Å²) in [5, 5.41) is 4.41. The van der Waals surface area contributed by atoms with E-state index < -0.39 is 0 Å². The highest BCUT2D eigenvalue weighted by atomic mass is 79.9. The SMILES string of the molecule is Brc1cccc2oc3ccc(-c4ccc(-c5cc(-c6ccccc6)cc(-c6cccc7c6oc6cccc(Br)c67)c5)cc4)cc3c12. The van der Waals surface area contributed by atoms with Crippen LogP contribution >= 0.6 is 31.9 Å². The summed E-state index contributed by atoms with van der Waals surface area (Å²) < 4.78 is 14.7. The Morgan fingerprint density at radius 3 is 1.63 bits per heavy atom. The minimum absolute atomic E-state index is 0.876. The summed E-state index contributed by atoms with van der Waals surface area (Å²) in [5.41, 5.74) is 12.7. The first-order valence-corrected chi connectivity index (χ1v) is 16.7. The highest BCUT2D eigenvalue weighted by Gasteiger charge is 2.16. The average Bonchev–Trinajstić information content (AvgIpc) is 3.68. The molecule has 0 atom stereocenters. The normalized spacial score (nSPS) is 11.7. The van der Waals surface area contributed by atoms with Crippen LogP contribution in [0.5, 0.6) is 0 Å². The first kappa shape index (κ1) is 27.4. The van der Waals surface area contributed by atoms with Crippen molar-refractivity contribution in [2.75, 3.05) is 0 Å². The average molecular weight is 720 g/mol. The van der Waals surface area contributed by atoms with E-state index in [1.807, 2.05) is 24.3 Å². The van der Waals surface area contributed by atoms with Crippen molar-refractivity contribution in [1.82, 2.24) is 0 Å². The van der Waals surface area contributed by atoms with Gasteiger partial charge in [-0.1, -0.05) is 123 Å². The van der Waals surface area contributed by atoms with Gasteiger partial charge in [-0.25, -0.2) is 0 Å². The van der Waals surface area contributed by atoms with Crippen LogP contribution in [-0.4, -0.2) is 0 Å². The summed E-state index contributed by atoms with van der Waals surface area (Å²) in [6.45, 7) is 0. The maximum Gasteiger partial charge on any atom is 0.143 e. The van der Waals surface area contributed by atoms with E-state index in [9.17, 15) is 0 Å². The van der Waals surface area contributed by atoms with Gasteiger partial charge in [0, 0.05) is 36.1 Å². The molecule has 0 amide bonds. The second-order valence-corrected chi connectivity index (χ2v) is 13.3. The molecule has 0 aliphatic carbocycles. The van der Waals surface area contributed by atoms with Crippen LogP contribution in [0.2, 0.25) is 0 Å². The minimum atomic E-state index is 0.876. The topological polar surface area (TPSA) is 26.3 Å². The quantitative estimate of drug-likeness (QED) is 0.181. The number of hydrogen-bond donors (Lipinski definition) is 0. The van der Waals surface area contributed by atoms with Crippen LogP contribution in [0, 0.1) is 0 Å². The van der Waals surface area contributed by atoms with E-state index in [4.69, 9.17) is 8.83 Å². The summed E-state index contributed by atoms with van der Waals surface area (Å²) in [7, 11) is 0. The Hall–Kier alpha value is -4.90. The standard InChI is InChI=1S/C42H24Br2O2/c43-35-11-6-14-39-40(35)33-10-4-9-32(42(33)46-39)31-22-29(25-7-2-1-3-8-25)21-30(23-31)27-17-15-26(16-18-27)28-19-20-37-34(24-28)41-36(44)12-5-13-38(41)45-37/h1-24H. The molecule has 4 heteroatoms. The van der Waals surface area contributed by atoms with Crippen molar-refractivity contribution in [2.45, 2.75) is 0 Å². The summed E-state index contributed by atoms with van der Waals surface area (Å²) in [5.74, 6) is 0. The molecule has 0 saturated heterocycles. The van der Waals surface area contributed by atoms with Crippen LogP contribution < -0.4 is 0 Å². The zero-order valence-electron chi connectivity index (χ0n) is 24.4. The predicted molar refractivity (Wildman–Crippen MR) is 198 cm³/mol. The molecule has 218 valence electrons. The summed E-state index contributed by atoms with van der Waals surface area (Å²) in [4.78, 5) is 0. The maximum absolute atomic E-state index is 6.49. The molecule has 2 nitrogen and oxygen atoms in total. The third kappa shape index (κ3) is 4.52. The van der Waals surface area contributed by atoms with E-state index in [-0.39, 0.29) is 0 Å². The number of hydrogen-bond acceptors (Lipinski definition) is 2. The molecule has 2 aromatic heterocycles. The highest BCUT2D eigenvalue weighted by molar-refractivity contribution is 9.11. The molecule has 0 radical (unpaired) electrons. The largest absolute Gasteiger partial charge is 0.456 e. The Kier molecular flexibility index (Phi) is 6.48. The third-order valence-corrected chi connectivity index (χ3v) is 10.1. The van der Waals surface area contributed by atoms with Gasteiger partial charge in [-0.05, 0) is 93.5 Å². The van der Waals surface area contributed by atoms with E-state index in [2.05, 4.69) is 153 Å². The molecule has 0 spiro atoms. The van der Waals surface area contributed by atoms with Gasteiger partial charge in [0.2, 0.25) is 0 Å². The molecule has 2 heterocycles. The molecule has 0 aliphatic heterocycles. The van der Waals surface area contributed by atoms with Crippen LogP contribution in [0.1, 0.15) is 0 Å². The lowest BCUT2D eigenvalue weighted by Crippen LogP contribution is -1.87. The Morgan fingerprint density at radius 1 is 0.348 bits per heavy atom. The van der Waals surface area contributed by atoms with Crippen LogP contribution in [0.3, 0.4) is 0 Å². The third-order valence-electron chi connectivity index (χ3n) is 8.82. The first-order chi connectivity index (χ1) is 22.6. The van der Waals surface area contributed by atoms with E-state index in [1.165, 1.54) is 5.56 Å². The second kappa shape index (κ2) is 10.9. The number of benzene rings is 7. The van der Waals surface area contributed by atoms with Gasteiger partial charge < -0.3 is 8.83 Å². The molecule has 0 aliphatic rings. The van der Waals surface area contributed by atoms with Gasteiger partial charge in [0.05, 0.1) is 0 Å². The number of furan rings is 2.